The number of primary amides is 1. The van der Waals surface area contributed by atoms with E-state index in [2.05, 4.69) is 14.9 Å². The summed E-state index contributed by atoms with van der Waals surface area (Å²) in [4.78, 5) is 44.7. The van der Waals surface area contributed by atoms with E-state index in [1.54, 1.807) is 11.6 Å². The molecule has 9 heteroatoms. The summed E-state index contributed by atoms with van der Waals surface area (Å²) < 4.78 is 3.26. The Labute approximate surface area is 144 Å². The minimum absolute atomic E-state index is 0.138. The molecule has 0 spiro atoms. The molecule has 3 rings (SSSR count). The van der Waals surface area contributed by atoms with Crippen LogP contribution in [0.1, 0.15) is 32.0 Å². The zero-order chi connectivity index (χ0) is 18.1. The van der Waals surface area contributed by atoms with Crippen molar-refractivity contribution in [1.29, 1.82) is 0 Å². The number of aromatic nitrogens is 4. The predicted molar refractivity (Wildman–Crippen MR) is 93.1 cm³/mol. The van der Waals surface area contributed by atoms with Gasteiger partial charge in [0, 0.05) is 20.1 Å². The molecule has 1 aliphatic heterocycles. The van der Waals surface area contributed by atoms with Crippen LogP contribution in [0.15, 0.2) is 9.59 Å². The van der Waals surface area contributed by atoms with Gasteiger partial charge in [0.15, 0.2) is 11.2 Å². The molecule has 3 heterocycles. The van der Waals surface area contributed by atoms with Crippen LogP contribution in [-0.2, 0) is 24.9 Å². The van der Waals surface area contributed by atoms with Gasteiger partial charge in [0.25, 0.3) is 5.56 Å². The van der Waals surface area contributed by atoms with Crippen LogP contribution in [0.3, 0.4) is 0 Å². The number of carbonyl (C=O) groups excluding carboxylic acids is 1. The second-order valence-electron chi connectivity index (χ2n) is 6.65. The average molecular weight is 348 g/mol. The fourth-order valence-corrected chi connectivity index (χ4v) is 3.36. The topological polar surface area (TPSA) is 119 Å². The minimum Gasteiger partial charge on any atom is -0.369 e. The first-order chi connectivity index (χ1) is 11.9. The molecular weight excluding hydrogens is 324 g/mol. The van der Waals surface area contributed by atoms with Crippen molar-refractivity contribution >= 4 is 17.1 Å². The molecular formula is C16H24N6O3. The Kier molecular flexibility index (Phi) is 4.76. The molecule has 0 aromatic carbocycles. The third kappa shape index (κ3) is 3.23. The number of hydrogen-bond donors (Lipinski definition) is 2. The van der Waals surface area contributed by atoms with Crippen LogP contribution in [0.5, 0.6) is 0 Å². The number of fused-ring (bicyclic) bond motifs is 1. The molecule has 1 fully saturated rings. The summed E-state index contributed by atoms with van der Waals surface area (Å²) in [5, 5.41) is 0. The molecule has 0 aliphatic carbocycles. The van der Waals surface area contributed by atoms with Crippen molar-refractivity contribution < 1.29 is 4.79 Å². The Balaban J connectivity index is 1.96. The number of hydrogen-bond acceptors (Lipinski definition) is 5. The summed E-state index contributed by atoms with van der Waals surface area (Å²) >= 11 is 0. The smallest absolute Gasteiger partial charge is 0.330 e. The van der Waals surface area contributed by atoms with Crippen molar-refractivity contribution in [2.45, 2.75) is 39.3 Å². The Bertz CT molecular complexity index is 909. The summed E-state index contributed by atoms with van der Waals surface area (Å²) in [6.45, 7) is 4.43. The molecule has 25 heavy (non-hydrogen) atoms. The molecule has 3 N–H and O–H groups in total. The minimum atomic E-state index is -0.426. The molecule has 1 atom stereocenters. The zero-order valence-electron chi connectivity index (χ0n) is 14.6. The Morgan fingerprint density at radius 3 is 2.80 bits per heavy atom. The third-order valence-electron chi connectivity index (χ3n) is 4.88. The maximum Gasteiger partial charge on any atom is 0.330 e. The van der Waals surface area contributed by atoms with Gasteiger partial charge in [-0.25, -0.2) is 9.78 Å². The predicted octanol–water partition coefficient (Wildman–Crippen LogP) is -0.469. The van der Waals surface area contributed by atoms with E-state index in [9.17, 15) is 14.4 Å². The number of aryl methyl sites for hydroxylation is 2. The first-order valence-corrected chi connectivity index (χ1v) is 8.62. The number of H-pyrrole nitrogens is 1. The molecule has 1 amide bonds. The van der Waals surface area contributed by atoms with Gasteiger partial charge in [0.1, 0.15) is 5.82 Å². The van der Waals surface area contributed by atoms with Gasteiger partial charge in [-0.1, -0.05) is 13.3 Å². The zero-order valence-corrected chi connectivity index (χ0v) is 14.6. The number of unbranched alkanes of at least 4 members (excludes halogenated alkanes) is 1. The first kappa shape index (κ1) is 17.4. The van der Waals surface area contributed by atoms with E-state index in [1.807, 2.05) is 6.92 Å². The van der Waals surface area contributed by atoms with E-state index in [-0.39, 0.29) is 11.8 Å². The number of rotatable bonds is 6. The second kappa shape index (κ2) is 6.83. The lowest BCUT2D eigenvalue weighted by molar-refractivity contribution is -0.121. The number of nitrogens with zero attached hydrogens (tertiary/aromatic N) is 4. The summed E-state index contributed by atoms with van der Waals surface area (Å²) in [7, 11) is 1.77. The van der Waals surface area contributed by atoms with E-state index in [1.165, 1.54) is 4.57 Å². The largest absolute Gasteiger partial charge is 0.369 e. The number of nitrogens with one attached hydrogen (secondary N) is 1. The van der Waals surface area contributed by atoms with Gasteiger partial charge >= 0.3 is 5.69 Å². The summed E-state index contributed by atoms with van der Waals surface area (Å²) in [6.07, 6.45) is 2.51. The highest BCUT2D eigenvalue weighted by molar-refractivity contribution is 5.77. The van der Waals surface area contributed by atoms with Crippen LogP contribution in [0.2, 0.25) is 0 Å². The fraction of sp³-hybridized carbons (Fsp3) is 0.625. The maximum absolute atomic E-state index is 12.2. The third-order valence-corrected chi connectivity index (χ3v) is 4.88. The molecule has 9 nitrogen and oxygen atoms in total. The standard InChI is InChI=1S/C16H24N6O3/c1-3-4-6-22-14-12(15(24)19-16(22)25)20(2)11(18-14)9-21-7-5-10(8-21)13(17)23/h10H,3-9H2,1-2H3,(H2,17,23)(H,19,24,25)/t10-/m1/s1. The van der Waals surface area contributed by atoms with Crippen molar-refractivity contribution in [3.63, 3.8) is 0 Å². The normalized spacial score (nSPS) is 18.2. The van der Waals surface area contributed by atoms with Crippen molar-refractivity contribution in [2.75, 3.05) is 13.1 Å². The van der Waals surface area contributed by atoms with Crippen LogP contribution >= 0.6 is 0 Å². The van der Waals surface area contributed by atoms with E-state index in [0.29, 0.717) is 36.6 Å². The number of carbonyl (C=O) groups is 1. The number of imidazole rings is 1. The Hall–Kier alpha value is -2.42. The molecule has 0 bridgehead atoms. The first-order valence-electron chi connectivity index (χ1n) is 8.62. The number of aromatic amines is 1. The van der Waals surface area contributed by atoms with Gasteiger partial charge < -0.3 is 10.3 Å². The monoisotopic (exact) mass is 348 g/mol. The molecule has 2 aromatic rings. The van der Waals surface area contributed by atoms with Crippen molar-refractivity contribution in [2.24, 2.45) is 18.7 Å². The van der Waals surface area contributed by atoms with Gasteiger partial charge in [-0.3, -0.25) is 24.0 Å². The van der Waals surface area contributed by atoms with Gasteiger partial charge in [-0.15, -0.1) is 0 Å². The number of amides is 1. The molecule has 1 aliphatic rings. The van der Waals surface area contributed by atoms with Crippen LogP contribution in [0.4, 0.5) is 0 Å². The maximum atomic E-state index is 12.2. The van der Waals surface area contributed by atoms with E-state index < -0.39 is 11.2 Å². The lowest BCUT2D eigenvalue weighted by Gasteiger charge is -2.14. The van der Waals surface area contributed by atoms with Gasteiger partial charge in [0.2, 0.25) is 5.91 Å². The fourth-order valence-electron chi connectivity index (χ4n) is 3.36. The highest BCUT2D eigenvalue weighted by Gasteiger charge is 2.28. The quantitative estimate of drug-likeness (QED) is 0.731. The Morgan fingerprint density at radius 2 is 2.16 bits per heavy atom. The number of likely N-dealkylation sites (tertiary alicyclic amines) is 1. The summed E-state index contributed by atoms with van der Waals surface area (Å²) in [5.41, 5.74) is 5.35. The van der Waals surface area contributed by atoms with E-state index in [4.69, 9.17) is 5.73 Å². The van der Waals surface area contributed by atoms with Crippen molar-refractivity contribution in [3.8, 4) is 0 Å². The van der Waals surface area contributed by atoms with Crippen LogP contribution in [-0.4, -0.2) is 43.0 Å². The second-order valence-corrected chi connectivity index (χ2v) is 6.65. The molecule has 0 saturated carbocycles. The average Bonchev–Trinajstić information content (AvgIpc) is 3.13. The highest BCUT2D eigenvalue weighted by atomic mass is 16.2. The van der Waals surface area contributed by atoms with Gasteiger partial charge in [-0.05, 0) is 19.4 Å². The lowest BCUT2D eigenvalue weighted by atomic mass is 10.1. The lowest BCUT2D eigenvalue weighted by Crippen LogP contribution is -2.31. The van der Waals surface area contributed by atoms with Crippen LogP contribution in [0, 0.1) is 5.92 Å². The van der Waals surface area contributed by atoms with Crippen LogP contribution in [0.25, 0.3) is 11.2 Å². The van der Waals surface area contributed by atoms with E-state index >= 15 is 0 Å². The molecule has 136 valence electrons. The van der Waals surface area contributed by atoms with Gasteiger partial charge in [0.05, 0.1) is 12.5 Å². The van der Waals surface area contributed by atoms with Crippen LogP contribution < -0.4 is 17.0 Å². The van der Waals surface area contributed by atoms with Crippen molar-refractivity contribution in [1.82, 2.24) is 24.0 Å². The molecule has 2 aromatic heterocycles. The summed E-state index contributed by atoms with van der Waals surface area (Å²) in [5.74, 6) is 0.277. The number of nitrogens with two attached hydrogens (primary N) is 1. The van der Waals surface area contributed by atoms with E-state index in [0.717, 1.165) is 25.8 Å². The van der Waals surface area contributed by atoms with Gasteiger partial charge in [-0.2, -0.15) is 0 Å². The van der Waals surface area contributed by atoms with Crippen molar-refractivity contribution in [3.05, 3.63) is 26.7 Å². The Morgan fingerprint density at radius 1 is 1.40 bits per heavy atom. The SMILES string of the molecule is CCCCn1c(=O)[nH]c(=O)c2c1nc(CN1CC[C@@H](C(N)=O)C1)n2C. The highest BCUT2D eigenvalue weighted by Crippen LogP contribution is 2.19. The molecule has 1 saturated heterocycles. The summed E-state index contributed by atoms with van der Waals surface area (Å²) in [6, 6.07) is 0. The molecule has 0 radical (unpaired) electrons. The molecule has 0 unspecified atom stereocenters.